The van der Waals surface area contributed by atoms with Crippen LogP contribution < -0.4 is 4.74 Å². The van der Waals surface area contributed by atoms with Crippen molar-refractivity contribution < 1.29 is 19.4 Å². The highest BCUT2D eigenvalue weighted by molar-refractivity contribution is 5.98. The zero-order valence-electron chi connectivity index (χ0n) is 20.0. The average Bonchev–Trinajstić information content (AvgIpc) is 2.93. The molecule has 1 atom stereocenters. The second kappa shape index (κ2) is 12.5. The van der Waals surface area contributed by atoms with Gasteiger partial charge in [-0.25, -0.2) is 0 Å². The maximum Gasteiger partial charge on any atom is 0.306 e. The summed E-state index contributed by atoms with van der Waals surface area (Å²) in [6.07, 6.45) is 5.50. The Morgan fingerprint density at radius 3 is 2.06 bits per heavy atom. The Morgan fingerprint density at radius 2 is 1.42 bits per heavy atom. The molecule has 0 amide bonds. The lowest BCUT2D eigenvalue weighted by Gasteiger charge is -2.12. The molecule has 182 valence electrons. The molecule has 1 aromatic heterocycles. The van der Waals surface area contributed by atoms with Crippen LogP contribution in [-0.2, 0) is 17.8 Å². The number of ether oxygens (including phenoxy) is 1. The van der Waals surface area contributed by atoms with Gasteiger partial charge in [-0.15, -0.1) is 0 Å². The largest absolute Gasteiger partial charge is 0.489 e. The summed E-state index contributed by atoms with van der Waals surface area (Å²) in [7, 11) is 0. The van der Waals surface area contributed by atoms with Crippen molar-refractivity contribution in [2.45, 2.75) is 32.3 Å². The molecule has 4 rings (SSSR count). The maximum atomic E-state index is 12.8. The predicted octanol–water partition coefficient (Wildman–Crippen LogP) is 6.62. The molecule has 0 aliphatic heterocycles. The molecule has 1 N–H and O–H groups in total. The van der Waals surface area contributed by atoms with Gasteiger partial charge in [0.25, 0.3) is 0 Å². The quantitative estimate of drug-likeness (QED) is 0.231. The fourth-order valence-electron chi connectivity index (χ4n) is 4.09. The van der Waals surface area contributed by atoms with Crippen molar-refractivity contribution >= 4 is 11.8 Å². The molecule has 1 unspecified atom stereocenters. The Bertz CT molecular complexity index is 1250. The van der Waals surface area contributed by atoms with Gasteiger partial charge in [-0.3, -0.25) is 14.6 Å². The summed E-state index contributed by atoms with van der Waals surface area (Å²) in [6, 6.07) is 28.9. The zero-order valence-corrected chi connectivity index (χ0v) is 20.0. The van der Waals surface area contributed by atoms with Crippen molar-refractivity contribution in [1.29, 1.82) is 0 Å². The van der Waals surface area contributed by atoms with E-state index in [2.05, 4.69) is 4.98 Å². The number of carboxylic acids is 1. The molecule has 0 bridgehead atoms. The number of carbonyl (C=O) groups excluding carboxylic acids is 1. The Balaban J connectivity index is 1.31. The molecule has 4 aromatic rings. The standard InChI is InChI=1S/C31H29NO4/c33-30(21-28(31(34)35)8-4-7-23-5-2-1-3-6-23)27-11-9-25(10-12-27)26-13-15-29(16-14-26)36-22-24-17-19-32-20-18-24/h1-3,5-6,9-20,28H,4,7-8,21-22H2,(H,34,35). The molecule has 0 saturated carbocycles. The highest BCUT2D eigenvalue weighted by atomic mass is 16.5. The van der Waals surface area contributed by atoms with Crippen LogP contribution in [0.2, 0.25) is 0 Å². The highest BCUT2D eigenvalue weighted by Crippen LogP contribution is 2.25. The fourth-order valence-corrected chi connectivity index (χ4v) is 4.09. The lowest BCUT2D eigenvalue weighted by Crippen LogP contribution is -2.18. The Hall–Kier alpha value is -4.25. The monoisotopic (exact) mass is 479 g/mol. The third kappa shape index (κ3) is 7.12. The van der Waals surface area contributed by atoms with Gasteiger partial charge in [0.2, 0.25) is 0 Å². The van der Waals surface area contributed by atoms with E-state index in [0.717, 1.165) is 35.3 Å². The molecule has 36 heavy (non-hydrogen) atoms. The van der Waals surface area contributed by atoms with Crippen LogP contribution in [0.3, 0.4) is 0 Å². The molecular weight excluding hydrogens is 450 g/mol. The van der Waals surface area contributed by atoms with Crippen LogP contribution in [0.1, 0.15) is 40.7 Å². The van der Waals surface area contributed by atoms with Crippen LogP contribution >= 0.6 is 0 Å². The minimum atomic E-state index is -0.917. The normalized spacial score (nSPS) is 11.6. The molecule has 1 heterocycles. The number of aliphatic carboxylic acids is 1. The number of Topliss-reactive ketones (excluding diaryl/α,β-unsaturated/α-hetero) is 1. The first kappa shape index (κ1) is 24.9. The second-order valence-corrected chi connectivity index (χ2v) is 8.79. The Kier molecular flexibility index (Phi) is 8.60. The van der Waals surface area contributed by atoms with E-state index >= 15 is 0 Å². The maximum absolute atomic E-state index is 12.8. The SMILES string of the molecule is O=C(CC(CCCc1ccccc1)C(=O)O)c1ccc(-c2ccc(OCc3ccncc3)cc2)cc1. The van der Waals surface area contributed by atoms with Gasteiger partial charge in [0.1, 0.15) is 12.4 Å². The van der Waals surface area contributed by atoms with E-state index in [1.54, 1.807) is 24.5 Å². The molecule has 0 radical (unpaired) electrons. The number of pyridine rings is 1. The summed E-state index contributed by atoms with van der Waals surface area (Å²) in [5.41, 5.74) is 4.75. The number of benzene rings is 3. The van der Waals surface area contributed by atoms with Crippen LogP contribution in [0.15, 0.2) is 103 Å². The number of aromatic nitrogens is 1. The summed E-state index contributed by atoms with van der Waals surface area (Å²) < 4.78 is 5.82. The predicted molar refractivity (Wildman–Crippen MR) is 140 cm³/mol. The van der Waals surface area contributed by atoms with E-state index in [-0.39, 0.29) is 12.2 Å². The number of carbonyl (C=O) groups is 2. The second-order valence-electron chi connectivity index (χ2n) is 8.79. The van der Waals surface area contributed by atoms with Crippen molar-refractivity contribution in [2.75, 3.05) is 0 Å². The number of nitrogens with zero attached hydrogens (tertiary/aromatic N) is 1. The Morgan fingerprint density at radius 1 is 0.778 bits per heavy atom. The lowest BCUT2D eigenvalue weighted by atomic mass is 9.92. The summed E-state index contributed by atoms with van der Waals surface area (Å²) in [6.45, 7) is 0.474. The molecule has 0 aliphatic carbocycles. The number of carboxylic acid groups (broad SMARTS) is 1. The summed E-state index contributed by atoms with van der Waals surface area (Å²) in [5, 5.41) is 9.62. The Labute approximate surface area is 211 Å². The van der Waals surface area contributed by atoms with E-state index < -0.39 is 11.9 Å². The molecule has 5 nitrogen and oxygen atoms in total. The van der Waals surface area contributed by atoms with Gasteiger partial charge in [0.05, 0.1) is 5.92 Å². The average molecular weight is 480 g/mol. The topological polar surface area (TPSA) is 76.5 Å². The first-order chi connectivity index (χ1) is 17.6. The number of hydrogen-bond donors (Lipinski definition) is 1. The third-order valence-corrected chi connectivity index (χ3v) is 6.19. The van der Waals surface area contributed by atoms with Gasteiger partial charge in [0.15, 0.2) is 5.78 Å². The fraction of sp³-hybridized carbons (Fsp3) is 0.194. The van der Waals surface area contributed by atoms with Crippen molar-refractivity contribution in [3.05, 3.63) is 120 Å². The van der Waals surface area contributed by atoms with E-state index in [1.807, 2.05) is 78.9 Å². The molecule has 0 fully saturated rings. The summed E-state index contributed by atoms with van der Waals surface area (Å²) in [4.78, 5) is 28.5. The van der Waals surface area contributed by atoms with Crippen molar-refractivity contribution in [3.8, 4) is 16.9 Å². The van der Waals surface area contributed by atoms with Crippen LogP contribution in [-0.4, -0.2) is 21.8 Å². The van der Waals surface area contributed by atoms with Crippen molar-refractivity contribution in [3.63, 3.8) is 0 Å². The van der Waals surface area contributed by atoms with Crippen molar-refractivity contribution in [1.82, 2.24) is 4.98 Å². The highest BCUT2D eigenvalue weighted by Gasteiger charge is 2.21. The van der Waals surface area contributed by atoms with E-state index in [1.165, 1.54) is 5.56 Å². The first-order valence-corrected chi connectivity index (χ1v) is 12.1. The molecule has 3 aromatic carbocycles. The third-order valence-electron chi connectivity index (χ3n) is 6.19. The van der Waals surface area contributed by atoms with E-state index in [0.29, 0.717) is 18.6 Å². The minimum absolute atomic E-state index is 0.00693. The molecule has 5 heteroatoms. The van der Waals surface area contributed by atoms with E-state index in [9.17, 15) is 14.7 Å². The van der Waals surface area contributed by atoms with Gasteiger partial charge in [0, 0.05) is 24.4 Å². The molecule has 0 spiro atoms. The molecule has 0 saturated heterocycles. The number of ketones is 1. The van der Waals surface area contributed by atoms with E-state index in [4.69, 9.17) is 4.74 Å². The number of hydrogen-bond acceptors (Lipinski definition) is 4. The molecule has 0 aliphatic rings. The minimum Gasteiger partial charge on any atom is -0.489 e. The van der Waals surface area contributed by atoms with Crippen LogP contribution in [0, 0.1) is 5.92 Å². The van der Waals surface area contributed by atoms with Crippen LogP contribution in [0.25, 0.3) is 11.1 Å². The van der Waals surface area contributed by atoms with Crippen molar-refractivity contribution in [2.24, 2.45) is 5.92 Å². The molecular formula is C31H29NO4. The zero-order chi connectivity index (χ0) is 25.2. The van der Waals surface area contributed by atoms with Gasteiger partial charge in [-0.1, -0.05) is 66.7 Å². The summed E-state index contributed by atoms with van der Waals surface area (Å²) in [5.74, 6) is -0.970. The van der Waals surface area contributed by atoms with Gasteiger partial charge >= 0.3 is 5.97 Å². The number of rotatable bonds is 12. The smallest absolute Gasteiger partial charge is 0.306 e. The first-order valence-electron chi connectivity index (χ1n) is 12.1. The van der Waals surface area contributed by atoms with Gasteiger partial charge in [-0.2, -0.15) is 0 Å². The van der Waals surface area contributed by atoms with Gasteiger partial charge < -0.3 is 9.84 Å². The summed E-state index contributed by atoms with van der Waals surface area (Å²) >= 11 is 0. The van der Waals surface area contributed by atoms with Crippen LogP contribution in [0.5, 0.6) is 5.75 Å². The van der Waals surface area contributed by atoms with Gasteiger partial charge in [-0.05, 0) is 65.8 Å². The number of aryl methyl sites for hydroxylation is 1. The van der Waals surface area contributed by atoms with Crippen LogP contribution in [0.4, 0.5) is 0 Å². The lowest BCUT2D eigenvalue weighted by molar-refractivity contribution is -0.141.